The van der Waals surface area contributed by atoms with Crippen LogP contribution in [0.3, 0.4) is 0 Å². The molecule has 140 valence electrons. The summed E-state index contributed by atoms with van der Waals surface area (Å²) in [6.07, 6.45) is -3.12. The van der Waals surface area contributed by atoms with Crippen LogP contribution in [0.4, 0.5) is 18.3 Å². The van der Waals surface area contributed by atoms with Gasteiger partial charge in [0.15, 0.2) is 5.13 Å². The molecule has 0 atom stereocenters. The number of aromatic nitrogens is 1. The smallest absolute Gasteiger partial charge is 0.302 e. The predicted molar refractivity (Wildman–Crippen MR) is 94.9 cm³/mol. The summed E-state index contributed by atoms with van der Waals surface area (Å²) in [4.78, 5) is 27.0. The zero-order valence-electron chi connectivity index (χ0n) is 14.0. The number of thiazole rings is 1. The Kier molecular flexibility index (Phi) is 7.32. The van der Waals surface area contributed by atoms with E-state index >= 15 is 0 Å². The Balaban J connectivity index is 1.64. The molecule has 0 bridgehead atoms. The molecular weight excluding hydrogens is 365 g/mol. The third-order valence-electron chi connectivity index (χ3n) is 3.69. The number of carbonyl (C=O) groups excluding carboxylic acids is 2. The first-order valence-corrected chi connectivity index (χ1v) is 9.15. The first-order valence-electron chi connectivity index (χ1n) is 8.27. The van der Waals surface area contributed by atoms with Gasteiger partial charge in [0.2, 0.25) is 11.7 Å². The molecule has 4 nitrogen and oxygen atoms in total. The van der Waals surface area contributed by atoms with Crippen molar-refractivity contribution in [1.82, 2.24) is 4.98 Å². The molecule has 0 saturated heterocycles. The maximum absolute atomic E-state index is 12.0. The third kappa shape index (κ3) is 6.59. The van der Waals surface area contributed by atoms with Crippen LogP contribution in [-0.4, -0.2) is 22.9 Å². The minimum atomic E-state index is -4.74. The molecule has 1 amide bonds. The lowest BCUT2D eigenvalue weighted by atomic mass is 10.1. The Morgan fingerprint density at radius 3 is 2.31 bits per heavy atom. The number of rotatable bonds is 9. The Labute approximate surface area is 153 Å². The van der Waals surface area contributed by atoms with Gasteiger partial charge < -0.3 is 5.32 Å². The Bertz CT molecular complexity index is 730. The largest absolute Gasteiger partial charge is 0.449 e. The second-order valence-electron chi connectivity index (χ2n) is 5.79. The first kappa shape index (κ1) is 20.1. The second kappa shape index (κ2) is 9.47. The highest BCUT2D eigenvalue weighted by Crippen LogP contribution is 2.25. The summed E-state index contributed by atoms with van der Waals surface area (Å²) >= 11 is 1.34. The molecule has 0 fully saturated rings. The summed E-state index contributed by atoms with van der Waals surface area (Å²) in [7, 11) is 0. The summed E-state index contributed by atoms with van der Waals surface area (Å²) in [6, 6.07) is 9.61. The number of unbranched alkanes of at least 4 members (excludes halogenated alkanes) is 3. The van der Waals surface area contributed by atoms with Gasteiger partial charge in [-0.05, 0) is 12.8 Å². The van der Waals surface area contributed by atoms with Gasteiger partial charge in [0.25, 0.3) is 0 Å². The number of Topliss-reactive ketones (excluding diaryl/α,β-unsaturated/α-hetero) is 1. The van der Waals surface area contributed by atoms with Crippen molar-refractivity contribution in [2.24, 2.45) is 0 Å². The fourth-order valence-electron chi connectivity index (χ4n) is 2.32. The van der Waals surface area contributed by atoms with Crippen LogP contribution in [0.5, 0.6) is 0 Å². The Hall–Kier alpha value is -2.22. The van der Waals surface area contributed by atoms with Crippen LogP contribution in [-0.2, 0) is 9.59 Å². The van der Waals surface area contributed by atoms with Crippen LogP contribution >= 0.6 is 11.3 Å². The molecule has 0 spiro atoms. The van der Waals surface area contributed by atoms with E-state index in [0.717, 1.165) is 11.3 Å². The molecule has 0 aliphatic carbocycles. The summed E-state index contributed by atoms with van der Waals surface area (Å²) in [5, 5.41) is 5.11. The van der Waals surface area contributed by atoms with Gasteiger partial charge >= 0.3 is 6.18 Å². The Morgan fingerprint density at radius 2 is 1.65 bits per heavy atom. The molecule has 1 aromatic heterocycles. The van der Waals surface area contributed by atoms with Gasteiger partial charge in [-0.25, -0.2) is 4.98 Å². The topological polar surface area (TPSA) is 59.1 Å². The lowest BCUT2D eigenvalue weighted by Crippen LogP contribution is -2.22. The molecule has 2 aromatic rings. The average Bonchev–Trinajstić information content (AvgIpc) is 3.06. The molecule has 1 heterocycles. The SMILES string of the molecule is O=C(CCCCCCC(=O)C(F)(F)F)Nc1nc(-c2ccccc2)cs1. The van der Waals surface area contributed by atoms with Gasteiger partial charge in [-0.3, -0.25) is 9.59 Å². The van der Waals surface area contributed by atoms with Gasteiger partial charge in [-0.15, -0.1) is 11.3 Å². The molecule has 1 N–H and O–H groups in total. The predicted octanol–water partition coefficient (Wildman–Crippen LogP) is 5.22. The summed E-state index contributed by atoms with van der Waals surface area (Å²) in [5.41, 5.74) is 1.76. The molecule has 1 aromatic carbocycles. The standard InChI is InChI=1S/C18H19F3N2O2S/c19-18(20,21)15(24)10-6-1-2-7-11-16(25)23-17-22-14(12-26-17)13-8-4-3-5-9-13/h3-5,8-9,12H,1-2,6-7,10-11H2,(H,22,23,25). The van der Waals surface area contributed by atoms with E-state index in [1.165, 1.54) is 11.3 Å². The van der Waals surface area contributed by atoms with Crippen molar-refractivity contribution in [3.63, 3.8) is 0 Å². The molecule has 2 rings (SSSR count). The highest BCUT2D eigenvalue weighted by atomic mass is 32.1. The molecular formula is C18H19F3N2O2S. The van der Waals surface area contributed by atoms with Crippen LogP contribution in [0.1, 0.15) is 38.5 Å². The summed E-state index contributed by atoms with van der Waals surface area (Å²) in [6.45, 7) is 0. The van der Waals surface area contributed by atoms with Crippen molar-refractivity contribution in [2.45, 2.75) is 44.7 Å². The number of benzene rings is 1. The summed E-state index contributed by atoms with van der Waals surface area (Å²) < 4.78 is 36.1. The highest BCUT2D eigenvalue weighted by Gasteiger charge is 2.36. The number of hydrogen-bond acceptors (Lipinski definition) is 4. The molecule has 0 aliphatic rings. The van der Waals surface area contributed by atoms with Crippen LogP contribution in [0.2, 0.25) is 0 Å². The van der Waals surface area contributed by atoms with Gasteiger partial charge in [0.05, 0.1) is 5.69 Å². The quantitative estimate of drug-likeness (QED) is 0.603. The fraction of sp³-hybridized carbons (Fsp3) is 0.389. The van der Waals surface area contributed by atoms with E-state index in [-0.39, 0.29) is 18.7 Å². The van der Waals surface area contributed by atoms with Crippen LogP contribution in [0.25, 0.3) is 11.3 Å². The first-order chi connectivity index (χ1) is 12.4. The molecule has 0 unspecified atom stereocenters. The number of nitrogens with one attached hydrogen (secondary N) is 1. The zero-order chi connectivity index (χ0) is 19.0. The number of anilines is 1. The average molecular weight is 384 g/mol. The van der Waals surface area contributed by atoms with E-state index < -0.39 is 18.4 Å². The van der Waals surface area contributed by atoms with Crippen molar-refractivity contribution in [3.05, 3.63) is 35.7 Å². The summed E-state index contributed by atoms with van der Waals surface area (Å²) in [5.74, 6) is -1.86. The van der Waals surface area contributed by atoms with Crippen molar-refractivity contribution in [3.8, 4) is 11.3 Å². The Morgan fingerprint density at radius 1 is 1.00 bits per heavy atom. The van der Waals surface area contributed by atoms with E-state index in [0.29, 0.717) is 24.4 Å². The number of amides is 1. The minimum absolute atomic E-state index is 0.176. The maximum atomic E-state index is 12.0. The molecule has 8 heteroatoms. The second-order valence-corrected chi connectivity index (χ2v) is 6.65. The van der Waals surface area contributed by atoms with E-state index in [1.807, 2.05) is 35.7 Å². The third-order valence-corrected chi connectivity index (χ3v) is 4.45. The lowest BCUT2D eigenvalue weighted by molar-refractivity contribution is -0.171. The molecule has 0 radical (unpaired) electrons. The monoisotopic (exact) mass is 384 g/mol. The van der Waals surface area contributed by atoms with Crippen molar-refractivity contribution >= 4 is 28.2 Å². The fourth-order valence-corrected chi connectivity index (χ4v) is 3.06. The van der Waals surface area contributed by atoms with E-state index in [4.69, 9.17) is 0 Å². The molecule has 0 saturated carbocycles. The lowest BCUT2D eigenvalue weighted by Gasteiger charge is -2.05. The van der Waals surface area contributed by atoms with Crippen molar-refractivity contribution in [2.75, 3.05) is 5.32 Å². The minimum Gasteiger partial charge on any atom is -0.302 e. The highest BCUT2D eigenvalue weighted by molar-refractivity contribution is 7.14. The van der Waals surface area contributed by atoms with Gasteiger partial charge in [0.1, 0.15) is 0 Å². The van der Waals surface area contributed by atoms with Gasteiger partial charge in [-0.2, -0.15) is 13.2 Å². The number of hydrogen-bond donors (Lipinski definition) is 1. The maximum Gasteiger partial charge on any atom is 0.449 e. The van der Waals surface area contributed by atoms with Gasteiger partial charge in [0, 0.05) is 23.8 Å². The number of ketones is 1. The van der Waals surface area contributed by atoms with Crippen LogP contribution in [0.15, 0.2) is 35.7 Å². The normalized spacial score (nSPS) is 11.3. The molecule has 0 aliphatic heterocycles. The number of carbonyl (C=O) groups is 2. The van der Waals surface area contributed by atoms with E-state index in [1.54, 1.807) is 0 Å². The van der Waals surface area contributed by atoms with Crippen molar-refractivity contribution in [1.29, 1.82) is 0 Å². The van der Waals surface area contributed by atoms with Crippen LogP contribution < -0.4 is 5.32 Å². The van der Waals surface area contributed by atoms with Gasteiger partial charge in [-0.1, -0.05) is 43.2 Å². The zero-order valence-corrected chi connectivity index (χ0v) is 14.8. The number of halogens is 3. The van der Waals surface area contributed by atoms with E-state index in [9.17, 15) is 22.8 Å². The molecule has 26 heavy (non-hydrogen) atoms. The van der Waals surface area contributed by atoms with E-state index in [2.05, 4.69) is 10.3 Å². The number of alkyl halides is 3. The van der Waals surface area contributed by atoms with Crippen molar-refractivity contribution < 1.29 is 22.8 Å². The van der Waals surface area contributed by atoms with Crippen LogP contribution in [0, 0.1) is 0 Å². The number of nitrogens with zero attached hydrogens (tertiary/aromatic N) is 1.